The molecular weight excluding hydrogens is 356 g/mol. The van der Waals surface area contributed by atoms with Crippen molar-refractivity contribution < 1.29 is 9.59 Å². The number of likely N-dealkylation sites (tertiary alicyclic amines) is 1. The highest BCUT2D eigenvalue weighted by atomic mass is 32.2. The van der Waals surface area contributed by atoms with Crippen LogP contribution >= 0.6 is 11.8 Å². The number of carbonyl (C=O) groups is 2. The molecule has 2 fully saturated rings. The lowest BCUT2D eigenvalue weighted by molar-refractivity contribution is -0.118. The Bertz CT molecular complexity index is 620. The highest BCUT2D eigenvalue weighted by molar-refractivity contribution is 8.00. The van der Waals surface area contributed by atoms with E-state index in [0.717, 1.165) is 42.9 Å². The zero-order valence-corrected chi connectivity index (χ0v) is 17.1. The van der Waals surface area contributed by atoms with E-state index in [9.17, 15) is 9.59 Å². The van der Waals surface area contributed by atoms with Gasteiger partial charge in [-0.1, -0.05) is 44.2 Å². The van der Waals surface area contributed by atoms with E-state index in [4.69, 9.17) is 0 Å². The highest BCUT2D eigenvalue weighted by Crippen LogP contribution is 2.25. The van der Waals surface area contributed by atoms with Gasteiger partial charge in [-0.25, -0.2) is 0 Å². The summed E-state index contributed by atoms with van der Waals surface area (Å²) in [4.78, 5) is 28.1. The van der Waals surface area contributed by atoms with Crippen molar-refractivity contribution in [3.63, 3.8) is 0 Å². The van der Waals surface area contributed by atoms with E-state index in [1.165, 1.54) is 56.7 Å². The second-order valence-corrected chi connectivity index (χ2v) is 8.82. The predicted octanol–water partition coefficient (Wildman–Crippen LogP) is 4.49. The second-order valence-electron chi connectivity index (χ2n) is 7.80. The standard InChI is InChI=1S/C22H32N2O2S/c25-21(23-16-18-10-4-3-5-11-18)17-27-20-13-7-6-12-19(20)22(26)24-14-8-1-2-9-15-24/h6-7,12-13,18H,1-5,8-11,14-17H2,(H,23,25). The number of hydrogen-bond donors (Lipinski definition) is 1. The smallest absolute Gasteiger partial charge is 0.254 e. The molecule has 1 saturated carbocycles. The largest absolute Gasteiger partial charge is 0.355 e. The van der Waals surface area contributed by atoms with Crippen LogP contribution in [0.25, 0.3) is 0 Å². The summed E-state index contributed by atoms with van der Waals surface area (Å²) < 4.78 is 0. The summed E-state index contributed by atoms with van der Waals surface area (Å²) >= 11 is 1.48. The third-order valence-electron chi connectivity index (χ3n) is 5.68. The van der Waals surface area contributed by atoms with Crippen molar-refractivity contribution in [2.24, 2.45) is 5.92 Å². The van der Waals surface area contributed by atoms with Crippen molar-refractivity contribution in [1.29, 1.82) is 0 Å². The molecule has 0 aromatic heterocycles. The van der Waals surface area contributed by atoms with Crippen LogP contribution in [0.5, 0.6) is 0 Å². The van der Waals surface area contributed by atoms with Crippen molar-refractivity contribution in [3.05, 3.63) is 29.8 Å². The van der Waals surface area contributed by atoms with Crippen molar-refractivity contribution in [3.8, 4) is 0 Å². The SMILES string of the molecule is O=C(CSc1ccccc1C(=O)N1CCCCCC1)NCC1CCCCC1. The van der Waals surface area contributed by atoms with Crippen molar-refractivity contribution in [1.82, 2.24) is 10.2 Å². The zero-order chi connectivity index (χ0) is 18.9. The Morgan fingerprint density at radius 3 is 2.37 bits per heavy atom. The molecule has 0 atom stereocenters. The van der Waals surface area contributed by atoms with Gasteiger partial charge in [0.2, 0.25) is 5.91 Å². The number of carbonyl (C=O) groups excluding carboxylic acids is 2. The minimum Gasteiger partial charge on any atom is -0.355 e. The van der Waals surface area contributed by atoms with E-state index in [1.807, 2.05) is 29.2 Å². The van der Waals surface area contributed by atoms with E-state index in [2.05, 4.69) is 5.32 Å². The maximum absolute atomic E-state index is 13.0. The molecule has 0 bridgehead atoms. The molecule has 0 unspecified atom stereocenters. The molecule has 1 N–H and O–H groups in total. The number of amides is 2. The zero-order valence-electron chi connectivity index (χ0n) is 16.3. The molecule has 1 heterocycles. The Balaban J connectivity index is 1.52. The van der Waals surface area contributed by atoms with Crippen LogP contribution < -0.4 is 5.32 Å². The molecule has 5 heteroatoms. The first-order chi connectivity index (χ1) is 13.2. The fraction of sp³-hybridized carbons (Fsp3) is 0.636. The quantitative estimate of drug-likeness (QED) is 0.731. The molecule has 2 amide bonds. The Morgan fingerprint density at radius 1 is 0.963 bits per heavy atom. The Hall–Kier alpha value is -1.49. The van der Waals surface area contributed by atoms with E-state index in [1.54, 1.807) is 0 Å². The summed E-state index contributed by atoms with van der Waals surface area (Å²) in [5.74, 6) is 1.20. The number of thioether (sulfide) groups is 1. The van der Waals surface area contributed by atoms with Gasteiger partial charge in [-0.15, -0.1) is 11.8 Å². The molecule has 0 radical (unpaired) electrons. The van der Waals surface area contributed by atoms with Crippen molar-refractivity contribution >= 4 is 23.6 Å². The summed E-state index contributed by atoms with van der Waals surface area (Å²) in [6.45, 7) is 2.49. The summed E-state index contributed by atoms with van der Waals surface area (Å²) in [5.41, 5.74) is 0.740. The van der Waals surface area contributed by atoms with Gasteiger partial charge in [-0.2, -0.15) is 0 Å². The minimum absolute atomic E-state index is 0.0719. The summed E-state index contributed by atoms with van der Waals surface area (Å²) in [6.07, 6.45) is 11.0. The third kappa shape index (κ3) is 6.27. The van der Waals surface area contributed by atoms with Crippen LogP contribution in [0.4, 0.5) is 0 Å². The van der Waals surface area contributed by atoms with Crippen LogP contribution in [0, 0.1) is 5.92 Å². The lowest BCUT2D eigenvalue weighted by Crippen LogP contribution is -2.32. The topological polar surface area (TPSA) is 49.4 Å². The van der Waals surface area contributed by atoms with Crippen LogP contribution in [0.3, 0.4) is 0 Å². The van der Waals surface area contributed by atoms with E-state index in [-0.39, 0.29) is 11.8 Å². The molecule has 0 spiro atoms. The summed E-state index contributed by atoms with van der Waals surface area (Å²) in [5, 5.41) is 3.09. The molecule has 1 aliphatic heterocycles. The van der Waals surface area contributed by atoms with Gasteiger partial charge in [0.15, 0.2) is 0 Å². The molecule has 1 aromatic rings. The number of benzene rings is 1. The Labute approximate surface area is 167 Å². The van der Waals surface area contributed by atoms with Crippen LogP contribution in [-0.4, -0.2) is 42.1 Å². The van der Waals surface area contributed by atoms with Gasteiger partial charge in [0.1, 0.15) is 0 Å². The van der Waals surface area contributed by atoms with Gasteiger partial charge >= 0.3 is 0 Å². The van der Waals surface area contributed by atoms with E-state index < -0.39 is 0 Å². The lowest BCUT2D eigenvalue weighted by Gasteiger charge is -2.22. The first-order valence-electron chi connectivity index (χ1n) is 10.5. The van der Waals surface area contributed by atoms with Gasteiger partial charge in [0.25, 0.3) is 5.91 Å². The van der Waals surface area contributed by atoms with Crippen LogP contribution in [-0.2, 0) is 4.79 Å². The highest BCUT2D eigenvalue weighted by Gasteiger charge is 2.20. The first kappa shape index (κ1) is 20.2. The number of nitrogens with one attached hydrogen (secondary N) is 1. The lowest BCUT2D eigenvalue weighted by atomic mass is 9.89. The van der Waals surface area contributed by atoms with Gasteiger partial charge in [-0.3, -0.25) is 9.59 Å². The molecule has 3 rings (SSSR count). The molecular formula is C22H32N2O2S. The molecule has 1 saturated heterocycles. The maximum atomic E-state index is 13.0. The molecule has 4 nitrogen and oxygen atoms in total. The van der Waals surface area contributed by atoms with Gasteiger partial charge in [0.05, 0.1) is 11.3 Å². The first-order valence-corrected chi connectivity index (χ1v) is 11.5. The van der Waals surface area contributed by atoms with Crippen molar-refractivity contribution in [2.45, 2.75) is 62.7 Å². The Morgan fingerprint density at radius 2 is 1.63 bits per heavy atom. The minimum atomic E-state index is 0.0719. The van der Waals surface area contributed by atoms with Gasteiger partial charge < -0.3 is 10.2 Å². The van der Waals surface area contributed by atoms with Crippen LogP contribution in [0.1, 0.15) is 68.1 Å². The summed E-state index contributed by atoms with van der Waals surface area (Å²) in [6, 6.07) is 7.72. The maximum Gasteiger partial charge on any atom is 0.254 e. The second kappa shape index (κ2) is 10.7. The van der Waals surface area contributed by atoms with E-state index in [0.29, 0.717) is 11.7 Å². The number of hydrogen-bond acceptors (Lipinski definition) is 3. The average Bonchev–Trinajstić information content (AvgIpc) is 3.01. The van der Waals surface area contributed by atoms with Crippen LogP contribution in [0.15, 0.2) is 29.2 Å². The molecule has 27 heavy (non-hydrogen) atoms. The molecule has 1 aliphatic carbocycles. The monoisotopic (exact) mass is 388 g/mol. The van der Waals surface area contributed by atoms with Crippen molar-refractivity contribution in [2.75, 3.05) is 25.4 Å². The normalized spacial score (nSPS) is 18.7. The fourth-order valence-electron chi connectivity index (χ4n) is 4.06. The fourth-order valence-corrected chi connectivity index (χ4v) is 4.93. The number of nitrogens with zero attached hydrogens (tertiary/aromatic N) is 1. The third-order valence-corrected chi connectivity index (χ3v) is 6.76. The number of rotatable bonds is 6. The van der Waals surface area contributed by atoms with Gasteiger partial charge in [-0.05, 0) is 43.7 Å². The van der Waals surface area contributed by atoms with Gasteiger partial charge in [0, 0.05) is 24.5 Å². The molecule has 148 valence electrons. The predicted molar refractivity (Wildman–Crippen MR) is 111 cm³/mol. The molecule has 1 aromatic carbocycles. The average molecular weight is 389 g/mol. The van der Waals surface area contributed by atoms with E-state index >= 15 is 0 Å². The van der Waals surface area contributed by atoms with Crippen LogP contribution in [0.2, 0.25) is 0 Å². The Kier molecular flexibility index (Phi) is 8.06. The molecule has 2 aliphatic rings. The summed E-state index contributed by atoms with van der Waals surface area (Å²) in [7, 11) is 0.